The topological polar surface area (TPSA) is 55.8 Å². The monoisotopic (exact) mass is 711 g/mol. The van der Waals surface area contributed by atoms with Crippen LogP contribution < -0.4 is 0 Å². The highest BCUT2D eigenvalue weighted by molar-refractivity contribution is 5.69. The van der Waals surface area contributed by atoms with E-state index >= 15 is 0 Å². The van der Waals surface area contributed by atoms with Gasteiger partial charge in [-0.1, -0.05) is 177 Å². The summed E-state index contributed by atoms with van der Waals surface area (Å²) in [6, 6.07) is 0. The summed E-state index contributed by atoms with van der Waals surface area (Å²) < 4.78 is 11.1. The number of esters is 1. The first-order valence-corrected chi connectivity index (χ1v) is 21.5. The predicted molar refractivity (Wildman–Crippen MR) is 223 cm³/mol. The van der Waals surface area contributed by atoms with Crippen molar-refractivity contribution in [1.29, 1.82) is 0 Å². The van der Waals surface area contributed by atoms with Gasteiger partial charge in [0.25, 0.3) is 0 Å². The Kier molecular flexibility index (Phi) is 42.1. The van der Waals surface area contributed by atoms with E-state index in [1.165, 1.54) is 116 Å². The number of carbonyl (C=O) groups excluding carboxylic acids is 1. The molecule has 4 nitrogen and oxygen atoms in total. The molecule has 0 amide bonds. The van der Waals surface area contributed by atoms with Crippen molar-refractivity contribution in [1.82, 2.24) is 0 Å². The molecule has 0 aliphatic rings. The molecule has 0 saturated heterocycles. The Balaban J connectivity index is 3.47. The van der Waals surface area contributed by atoms with Gasteiger partial charge in [-0.15, -0.1) is 0 Å². The summed E-state index contributed by atoms with van der Waals surface area (Å²) in [5, 5.41) is 9.59. The van der Waals surface area contributed by atoms with Crippen LogP contribution in [-0.4, -0.2) is 37.0 Å². The van der Waals surface area contributed by atoms with E-state index in [1.54, 1.807) is 0 Å². The molecule has 1 atom stereocenters. The third-order valence-electron chi connectivity index (χ3n) is 9.02. The van der Waals surface area contributed by atoms with E-state index in [4.69, 9.17) is 9.47 Å². The third kappa shape index (κ3) is 42.1. The number of hydrogen-bond donors (Lipinski definition) is 1. The van der Waals surface area contributed by atoms with Crippen LogP contribution in [0.15, 0.2) is 72.9 Å². The maximum Gasteiger partial charge on any atom is 0.306 e. The van der Waals surface area contributed by atoms with Gasteiger partial charge in [-0.25, -0.2) is 0 Å². The molecule has 0 aromatic carbocycles. The first-order valence-electron chi connectivity index (χ1n) is 21.5. The molecule has 0 saturated carbocycles. The fourth-order valence-electron chi connectivity index (χ4n) is 5.82. The summed E-state index contributed by atoms with van der Waals surface area (Å²) in [5.74, 6) is -0.243. The molecule has 0 aliphatic heterocycles. The molecule has 0 aliphatic carbocycles. The van der Waals surface area contributed by atoms with E-state index in [0.29, 0.717) is 13.0 Å². The molecule has 0 rings (SSSR count). The van der Waals surface area contributed by atoms with Crippen molar-refractivity contribution in [3.8, 4) is 0 Å². The number of aliphatic hydroxyl groups excluding tert-OH is 1. The maximum atomic E-state index is 12.2. The Labute approximate surface area is 317 Å². The molecule has 0 spiro atoms. The van der Waals surface area contributed by atoms with E-state index < -0.39 is 6.10 Å². The second-order valence-corrected chi connectivity index (χ2v) is 14.0. The summed E-state index contributed by atoms with van der Waals surface area (Å²) in [7, 11) is 0. The van der Waals surface area contributed by atoms with Crippen LogP contribution in [0.4, 0.5) is 0 Å². The van der Waals surface area contributed by atoms with Crippen molar-refractivity contribution in [2.24, 2.45) is 0 Å². The predicted octanol–water partition coefficient (Wildman–Crippen LogP) is 14.2. The molecule has 4 heteroatoms. The van der Waals surface area contributed by atoms with Crippen LogP contribution in [0.1, 0.15) is 194 Å². The van der Waals surface area contributed by atoms with Gasteiger partial charge >= 0.3 is 5.97 Å². The van der Waals surface area contributed by atoms with E-state index in [-0.39, 0.29) is 19.2 Å². The van der Waals surface area contributed by atoms with Gasteiger partial charge in [0.2, 0.25) is 0 Å². The Morgan fingerprint density at radius 1 is 0.490 bits per heavy atom. The van der Waals surface area contributed by atoms with Gasteiger partial charge in [-0.05, 0) is 83.5 Å². The zero-order chi connectivity index (χ0) is 37.0. The van der Waals surface area contributed by atoms with Crippen molar-refractivity contribution >= 4 is 5.97 Å². The lowest BCUT2D eigenvalue weighted by atomic mass is 10.0. The lowest BCUT2D eigenvalue weighted by molar-refractivity contribution is -0.154. The standard InChI is InChI=1S/C47H82O4/c1-3-5-7-9-11-13-15-17-19-20-21-22-23-24-25-26-27-29-31-33-35-37-39-41-43-50-45-46(44-48)51-47(49)42-40-38-36-34-32-30-28-18-16-14-12-10-8-6-4-2/h6,8,12,14-15,17-18,20-21,28,32,34,46,48H,3-5,7,9-11,13,16,19,22-27,29-31,33,35-45H2,1-2H3/b8-6-,14-12-,17-15-,21-20-,28-18-,34-32-. The summed E-state index contributed by atoms with van der Waals surface area (Å²) in [6.07, 6.45) is 59.7. The smallest absolute Gasteiger partial charge is 0.306 e. The molecule has 0 aromatic rings. The number of allylic oxidation sites excluding steroid dienone is 12. The molecule has 0 heterocycles. The van der Waals surface area contributed by atoms with Gasteiger partial charge in [0.05, 0.1) is 13.2 Å². The Bertz CT molecular complexity index is 881. The van der Waals surface area contributed by atoms with Gasteiger partial charge in [-0.3, -0.25) is 4.79 Å². The Hall–Kier alpha value is -2.17. The van der Waals surface area contributed by atoms with Crippen LogP contribution in [0.5, 0.6) is 0 Å². The average Bonchev–Trinajstić information content (AvgIpc) is 3.14. The Morgan fingerprint density at radius 3 is 1.33 bits per heavy atom. The summed E-state index contributed by atoms with van der Waals surface area (Å²) >= 11 is 0. The fraction of sp³-hybridized carbons (Fsp3) is 0.723. The van der Waals surface area contributed by atoms with Crippen LogP contribution in [0.25, 0.3) is 0 Å². The summed E-state index contributed by atoms with van der Waals surface area (Å²) in [4.78, 5) is 12.2. The molecule has 0 radical (unpaired) electrons. The van der Waals surface area contributed by atoms with E-state index in [9.17, 15) is 9.90 Å². The zero-order valence-electron chi connectivity index (χ0n) is 33.6. The minimum Gasteiger partial charge on any atom is -0.457 e. The van der Waals surface area contributed by atoms with Crippen LogP contribution in [-0.2, 0) is 14.3 Å². The van der Waals surface area contributed by atoms with Crippen molar-refractivity contribution in [2.45, 2.75) is 200 Å². The normalized spacial score (nSPS) is 13.1. The van der Waals surface area contributed by atoms with E-state index in [1.807, 2.05) is 0 Å². The minimum atomic E-state index is -0.560. The number of carbonyl (C=O) groups is 1. The highest BCUT2D eigenvalue weighted by Gasteiger charge is 2.13. The molecule has 0 fully saturated rings. The van der Waals surface area contributed by atoms with Gasteiger partial charge in [0.15, 0.2) is 0 Å². The van der Waals surface area contributed by atoms with Crippen molar-refractivity contribution in [2.75, 3.05) is 19.8 Å². The minimum absolute atomic E-state index is 0.192. The molecule has 1 N–H and O–H groups in total. The number of ether oxygens (including phenoxy) is 2. The first-order chi connectivity index (χ1) is 25.2. The zero-order valence-corrected chi connectivity index (χ0v) is 33.6. The second kappa shape index (κ2) is 44.0. The van der Waals surface area contributed by atoms with E-state index in [0.717, 1.165) is 57.8 Å². The molecule has 51 heavy (non-hydrogen) atoms. The van der Waals surface area contributed by atoms with Crippen LogP contribution in [0.3, 0.4) is 0 Å². The van der Waals surface area contributed by atoms with Gasteiger partial charge < -0.3 is 14.6 Å². The van der Waals surface area contributed by atoms with Gasteiger partial charge in [0, 0.05) is 13.0 Å². The summed E-state index contributed by atoms with van der Waals surface area (Å²) in [6.45, 7) is 5.17. The van der Waals surface area contributed by atoms with Crippen LogP contribution in [0.2, 0.25) is 0 Å². The highest BCUT2D eigenvalue weighted by Crippen LogP contribution is 2.13. The van der Waals surface area contributed by atoms with Crippen LogP contribution in [0, 0.1) is 0 Å². The molecular weight excluding hydrogens is 629 g/mol. The largest absolute Gasteiger partial charge is 0.457 e. The average molecular weight is 711 g/mol. The molecule has 0 aromatic heterocycles. The maximum absolute atomic E-state index is 12.2. The lowest BCUT2D eigenvalue weighted by Gasteiger charge is -2.15. The first kappa shape index (κ1) is 48.8. The fourth-order valence-corrected chi connectivity index (χ4v) is 5.82. The van der Waals surface area contributed by atoms with E-state index in [2.05, 4.69) is 86.8 Å². The molecular formula is C47H82O4. The van der Waals surface area contributed by atoms with Crippen molar-refractivity contribution in [3.05, 3.63) is 72.9 Å². The van der Waals surface area contributed by atoms with Crippen molar-refractivity contribution < 1.29 is 19.4 Å². The number of rotatable bonds is 39. The molecule has 0 bridgehead atoms. The van der Waals surface area contributed by atoms with Gasteiger partial charge in [-0.2, -0.15) is 0 Å². The Morgan fingerprint density at radius 2 is 0.882 bits per heavy atom. The summed E-state index contributed by atoms with van der Waals surface area (Å²) in [5.41, 5.74) is 0. The third-order valence-corrected chi connectivity index (χ3v) is 9.02. The van der Waals surface area contributed by atoms with Crippen LogP contribution >= 0.6 is 0 Å². The van der Waals surface area contributed by atoms with Gasteiger partial charge in [0.1, 0.15) is 6.10 Å². The quantitative estimate of drug-likeness (QED) is 0.0392. The second-order valence-electron chi connectivity index (χ2n) is 14.0. The number of unbranched alkanes of at least 4 members (excludes halogenated alkanes) is 19. The van der Waals surface area contributed by atoms with Crippen molar-refractivity contribution in [3.63, 3.8) is 0 Å². The number of hydrogen-bond acceptors (Lipinski definition) is 4. The lowest BCUT2D eigenvalue weighted by Crippen LogP contribution is -2.27. The molecule has 294 valence electrons. The number of aliphatic hydroxyl groups is 1. The molecule has 1 unspecified atom stereocenters. The SMILES string of the molecule is CC/C=C\C/C=C\C/C=C\C/C=C\CCCCC(=O)OC(CO)COCCCCCCCCCCCCCC/C=C\C/C=C\CCCCCCC. The highest BCUT2D eigenvalue weighted by atomic mass is 16.6.